The molecule has 2 heterocycles. The van der Waals surface area contributed by atoms with E-state index < -0.39 is 32.4 Å². The number of sulfonamides is 1. The highest BCUT2D eigenvalue weighted by Gasteiger charge is 2.59. The molecule has 12 heteroatoms. The summed E-state index contributed by atoms with van der Waals surface area (Å²) in [5.74, 6) is 0.461. The van der Waals surface area contributed by atoms with Crippen molar-refractivity contribution in [2.75, 3.05) is 16.6 Å². The largest absolute Gasteiger partial charge is 0.477 e. The molecule has 0 aliphatic heterocycles. The van der Waals surface area contributed by atoms with Crippen LogP contribution in [-0.4, -0.2) is 46.1 Å². The maximum Gasteiger partial charge on any atom is 0.238 e. The van der Waals surface area contributed by atoms with Crippen LogP contribution in [0.1, 0.15) is 50.4 Å². The van der Waals surface area contributed by atoms with Gasteiger partial charge in [-0.05, 0) is 81.5 Å². The molecular formula is C27H29FN6O4S. The monoisotopic (exact) mass is 552 g/mol. The number of halogens is 1. The minimum Gasteiger partial charge on any atom is -0.477 e. The van der Waals surface area contributed by atoms with Crippen LogP contribution in [-0.2, 0) is 20.2 Å². The molecule has 3 aromatic rings. The van der Waals surface area contributed by atoms with E-state index in [1.54, 1.807) is 13.0 Å². The molecule has 39 heavy (non-hydrogen) atoms. The fourth-order valence-electron chi connectivity index (χ4n) is 5.50. The molecule has 3 aliphatic rings. The number of rotatable bonds is 9. The highest BCUT2D eigenvalue weighted by molar-refractivity contribution is 7.93. The molecule has 3 saturated carbocycles. The predicted octanol–water partition coefficient (Wildman–Crippen LogP) is 3.99. The van der Waals surface area contributed by atoms with Gasteiger partial charge in [0.25, 0.3) is 0 Å². The minimum absolute atomic E-state index is 0.0423. The van der Waals surface area contributed by atoms with Crippen LogP contribution in [0.15, 0.2) is 36.8 Å². The molecule has 2 N–H and O–H groups in total. The van der Waals surface area contributed by atoms with E-state index in [0.717, 1.165) is 6.42 Å². The lowest BCUT2D eigenvalue weighted by molar-refractivity contribution is -0.122. The number of nitrogens with zero attached hydrogens (tertiary/aromatic N) is 4. The summed E-state index contributed by atoms with van der Waals surface area (Å²) in [6, 6.07) is 4.38. The standard InChI is InChI=1S/C27H29FN6O4S/c1-3-38-24-14-29-13-22(31-24)19-10-20(28)21(8-15(19)2)32-26(35)27(11-16-9-17(16)12-27)25-30-7-6-23(33-25)34-39(36,37)18-4-5-18/h6-8,10,13-14,16-18H,3-5,9,11-12H2,1-2H3,(H,32,35)(H,30,33,34). The summed E-state index contributed by atoms with van der Waals surface area (Å²) in [6.07, 6.45) is 7.82. The molecule has 1 aromatic carbocycles. The number of fused-ring (bicyclic) bond motifs is 1. The molecule has 0 bridgehead atoms. The Morgan fingerprint density at radius 1 is 1.18 bits per heavy atom. The van der Waals surface area contributed by atoms with E-state index in [4.69, 9.17) is 4.74 Å². The van der Waals surface area contributed by atoms with Crippen LogP contribution < -0.4 is 14.8 Å². The number of anilines is 2. The van der Waals surface area contributed by atoms with Crippen molar-refractivity contribution < 1.29 is 22.3 Å². The van der Waals surface area contributed by atoms with E-state index >= 15 is 4.39 Å². The highest BCUT2D eigenvalue weighted by Crippen LogP contribution is 2.60. The van der Waals surface area contributed by atoms with Gasteiger partial charge in [0.2, 0.25) is 21.8 Å². The Labute approximate surface area is 225 Å². The Morgan fingerprint density at radius 2 is 1.95 bits per heavy atom. The number of aryl methyl sites for hydroxylation is 1. The lowest BCUT2D eigenvalue weighted by Crippen LogP contribution is -2.41. The van der Waals surface area contributed by atoms with Crippen molar-refractivity contribution in [3.8, 4) is 17.1 Å². The summed E-state index contributed by atoms with van der Waals surface area (Å²) in [5, 5.41) is 2.38. The Kier molecular flexibility index (Phi) is 6.24. The van der Waals surface area contributed by atoms with Crippen molar-refractivity contribution in [3.63, 3.8) is 0 Å². The van der Waals surface area contributed by atoms with Crippen LogP contribution >= 0.6 is 0 Å². The summed E-state index contributed by atoms with van der Waals surface area (Å²) in [4.78, 5) is 31.2. The van der Waals surface area contributed by atoms with Crippen molar-refractivity contribution in [2.45, 2.75) is 56.6 Å². The zero-order valence-electron chi connectivity index (χ0n) is 21.6. The van der Waals surface area contributed by atoms with Gasteiger partial charge in [0.15, 0.2) is 0 Å². The van der Waals surface area contributed by atoms with Crippen molar-refractivity contribution >= 4 is 27.4 Å². The van der Waals surface area contributed by atoms with E-state index in [-0.39, 0.29) is 17.3 Å². The Hall–Kier alpha value is -3.67. The van der Waals surface area contributed by atoms with Gasteiger partial charge in [-0.1, -0.05) is 0 Å². The fraction of sp³-hybridized carbons (Fsp3) is 0.444. The first-order valence-electron chi connectivity index (χ1n) is 13.1. The van der Waals surface area contributed by atoms with Crippen LogP contribution in [0.5, 0.6) is 5.88 Å². The maximum atomic E-state index is 15.4. The zero-order valence-corrected chi connectivity index (χ0v) is 22.5. The van der Waals surface area contributed by atoms with Gasteiger partial charge in [0, 0.05) is 11.8 Å². The number of nitrogens with one attached hydrogen (secondary N) is 2. The van der Waals surface area contributed by atoms with Crippen LogP contribution in [0.3, 0.4) is 0 Å². The molecule has 10 nitrogen and oxygen atoms in total. The Morgan fingerprint density at radius 3 is 2.67 bits per heavy atom. The summed E-state index contributed by atoms with van der Waals surface area (Å²) in [6.45, 7) is 4.07. The van der Waals surface area contributed by atoms with E-state index in [1.807, 2.05) is 6.92 Å². The van der Waals surface area contributed by atoms with Crippen molar-refractivity contribution in [3.05, 3.63) is 54.0 Å². The molecule has 2 unspecified atom stereocenters. The van der Waals surface area contributed by atoms with Crippen LogP contribution in [0.4, 0.5) is 15.9 Å². The van der Waals surface area contributed by atoms with Gasteiger partial charge in [-0.2, -0.15) is 0 Å². The first-order valence-corrected chi connectivity index (χ1v) is 14.6. The molecule has 2 aromatic heterocycles. The number of hydrogen-bond donors (Lipinski definition) is 2. The second kappa shape index (κ2) is 9.51. The smallest absolute Gasteiger partial charge is 0.238 e. The quantitative estimate of drug-likeness (QED) is 0.407. The number of ether oxygens (including phenoxy) is 1. The van der Waals surface area contributed by atoms with Gasteiger partial charge < -0.3 is 10.1 Å². The lowest BCUT2D eigenvalue weighted by atomic mass is 9.80. The molecule has 3 aliphatic carbocycles. The molecule has 2 atom stereocenters. The second-order valence-electron chi connectivity index (χ2n) is 10.6. The predicted molar refractivity (Wildman–Crippen MR) is 142 cm³/mol. The summed E-state index contributed by atoms with van der Waals surface area (Å²) in [5.41, 5.74) is 0.661. The molecule has 0 saturated heterocycles. The molecule has 6 rings (SSSR count). The number of amides is 1. The first-order chi connectivity index (χ1) is 18.7. The van der Waals surface area contributed by atoms with Crippen molar-refractivity contribution in [2.24, 2.45) is 11.8 Å². The number of carbonyl (C=O) groups is 1. The molecule has 3 fully saturated rings. The van der Waals surface area contributed by atoms with Gasteiger partial charge in [-0.25, -0.2) is 27.8 Å². The molecule has 0 radical (unpaired) electrons. The normalized spacial score (nSPS) is 23.7. The third-order valence-corrected chi connectivity index (χ3v) is 9.60. The van der Waals surface area contributed by atoms with E-state index in [2.05, 4.69) is 30.0 Å². The van der Waals surface area contributed by atoms with E-state index in [9.17, 15) is 13.2 Å². The molecule has 1 amide bonds. The van der Waals surface area contributed by atoms with Crippen LogP contribution in [0.25, 0.3) is 11.3 Å². The third-order valence-electron chi connectivity index (χ3n) is 7.76. The number of hydrogen-bond acceptors (Lipinski definition) is 8. The summed E-state index contributed by atoms with van der Waals surface area (Å²) < 4.78 is 48.2. The Balaban J connectivity index is 1.28. The van der Waals surface area contributed by atoms with Gasteiger partial charge in [-0.15, -0.1) is 0 Å². The maximum absolute atomic E-state index is 15.4. The average Bonchev–Trinajstić information content (AvgIpc) is 3.84. The van der Waals surface area contributed by atoms with Gasteiger partial charge in [-0.3, -0.25) is 14.5 Å². The van der Waals surface area contributed by atoms with Gasteiger partial charge >= 0.3 is 0 Å². The average molecular weight is 553 g/mol. The fourth-order valence-corrected chi connectivity index (χ4v) is 6.83. The third kappa shape index (κ3) is 4.93. The second-order valence-corrected chi connectivity index (χ2v) is 12.6. The first kappa shape index (κ1) is 25.6. The van der Waals surface area contributed by atoms with Gasteiger partial charge in [0.1, 0.15) is 22.9 Å². The number of carbonyl (C=O) groups excluding carboxylic acids is 1. The van der Waals surface area contributed by atoms with Crippen LogP contribution in [0, 0.1) is 24.6 Å². The highest BCUT2D eigenvalue weighted by atomic mass is 32.2. The van der Waals surface area contributed by atoms with Crippen LogP contribution in [0.2, 0.25) is 0 Å². The Bertz CT molecular complexity index is 1550. The van der Waals surface area contributed by atoms with E-state index in [1.165, 1.54) is 30.7 Å². The topological polar surface area (TPSA) is 136 Å². The van der Waals surface area contributed by atoms with Crippen molar-refractivity contribution in [1.82, 2.24) is 19.9 Å². The number of benzene rings is 1. The lowest BCUT2D eigenvalue weighted by Gasteiger charge is -2.28. The molecular weight excluding hydrogens is 523 g/mol. The summed E-state index contributed by atoms with van der Waals surface area (Å²) in [7, 11) is -3.52. The zero-order chi connectivity index (χ0) is 27.4. The SMILES string of the molecule is CCOc1cncc(-c2cc(F)c(NC(=O)C3(c4nccc(NS(=O)(=O)C5CC5)n4)CC4CC4C3)cc2C)n1. The molecule has 204 valence electrons. The molecule has 0 spiro atoms. The van der Waals surface area contributed by atoms with Crippen molar-refractivity contribution in [1.29, 1.82) is 0 Å². The van der Waals surface area contributed by atoms with E-state index in [0.29, 0.717) is 66.8 Å². The minimum atomic E-state index is -3.52. The van der Waals surface area contributed by atoms with Gasteiger partial charge in [0.05, 0.1) is 35.6 Å². The number of aromatic nitrogens is 4. The summed E-state index contributed by atoms with van der Waals surface area (Å²) >= 11 is 0.